The van der Waals surface area contributed by atoms with Crippen molar-refractivity contribution in [2.24, 2.45) is 0 Å². The lowest BCUT2D eigenvalue weighted by molar-refractivity contribution is -0.146. The number of aliphatic hydroxyl groups is 1. The van der Waals surface area contributed by atoms with Crippen LogP contribution in [0.1, 0.15) is 17.5 Å². The van der Waals surface area contributed by atoms with Gasteiger partial charge in [0.1, 0.15) is 12.1 Å². The average Bonchev–Trinajstić information content (AvgIpc) is 2.91. The number of rotatable bonds is 3. The van der Waals surface area contributed by atoms with Gasteiger partial charge in [-0.25, -0.2) is 8.42 Å². The lowest BCUT2D eigenvalue weighted by Gasteiger charge is -2.24. The Balaban J connectivity index is 2.53. The van der Waals surface area contributed by atoms with Crippen molar-refractivity contribution in [1.82, 2.24) is 4.31 Å². The Kier molecular flexibility index (Phi) is 4.96. The van der Waals surface area contributed by atoms with Crippen LogP contribution in [-0.2, 0) is 19.6 Å². The van der Waals surface area contributed by atoms with Gasteiger partial charge in [0.25, 0.3) is 0 Å². The highest BCUT2D eigenvalue weighted by Crippen LogP contribution is 2.32. The second-order valence-electron chi connectivity index (χ2n) is 5.10. The number of esters is 1. The van der Waals surface area contributed by atoms with Crippen LogP contribution < -0.4 is 0 Å². The molecule has 23 heavy (non-hydrogen) atoms. The molecule has 124 valence electrons. The van der Waals surface area contributed by atoms with Gasteiger partial charge in [-0.3, -0.25) is 4.79 Å². The predicted octanol–water partition coefficient (Wildman–Crippen LogP) is 0.817. The molecule has 1 aromatic carbocycles. The molecule has 0 spiro atoms. The molecule has 0 bridgehead atoms. The number of hydrogen-bond acceptors (Lipinski definition) is 6. The number of carbonyl (C=O) groups is 1. The molecule has 0 amide bonds. The molecule has 7 nitrogen and oxygen atoms in total. The van der Waals surface area contributed by atoms with E-state index in [0.29, 0.717) is 0 Å². The van der Waals surface area contributed by atoms with Crippen LogP contribution in [0.2, 0.25) is 5.02 Å². The summed E-state index contributed by atoms with van der Waals surface area (Å²) < 4.78 is 31.2. The molecular weight excluding hydrogens is 344 g/mol. The van der Waals surface area contributed by atoms with E-state index >= 15 is 0 Å². The summed E-state index contributed by atoms with van der Waals surface area (Å²) in [5.74, 6) is -0.823. The first-order valence-corrected chi connectivity index (χ1v) is 8.54. The fraction of sp³-hybridized carbons (Fsp3) is 0.429. The maximum absolute atomic E-state index is 12.8. The minimum atomic E-state index is -4.08. The number of methoxy groups -OCH3 is 1. The Labute approximate surface area is 139 Å². The Bertz CT molecular complexity index is 787. The second kappa shape index (κ2) is 6.45. The van der Waals surface area contributed by atoms with Gasteiger partial charge >= 0.3 is 5.97 Å². The predicted molar refractivity (Wildman–Crippen MR) is 81.2 cm³/mol. The Hall–Kier alpha value is -1.66. The molecule has 1 aliphatic heterocycles. The molecule has 0 aliphatic carbocycles. The van der Waals surface area contributed by atoms with Gasteiger partial charge in [-0.2, -0.15) is 9.57 Å². The van der Waals surface area contributed by atoms with E-state index < -0.39 is 28.1 Å². The van der Waals surface area contributed by atoms with E-state index in [-0.39, 0.29) is 34.0 Å². The molecule has 1 N–H and O–H groups in total. The quantitative estimate of drug-likeness (QED) is 0.801. The first-order chi connectivity index (χ1) is 10.8. The molecule has 0 radical (unpaired) electrons. The molecule has 1 saturated heterocycles. The third-order valence-electron chi connectivity index (χ3n) is 3.81. The normalized spacial score (nSPS) is 21.9. The summed E-state index contributed by atoms with van der Waals surface area (Å²) in [4.78, 5) is 11.7. The van der Waals surface area contributed by atoms with Gasteiger partial charge in [-0.1, -0.05) is 11.6 Å². The van der Waals surface area contributed by atoms with Gasteiger partial charge in [0.05, 0.1) is 28.7 Å². The molecule has 2 atom stereocenters. The van der Waals surface area contributed by atoms with E-state index in [1.807, 2.05) is 6.07 Å². The number of halogens is 1. The van der Waals surface area contributed by atoms with Crippen molar-refractivity contribution in [3.8, 4) is 6.07 Å². The smallest absolute Gasteiger partial charge is 0.326 e. The number of sulfonamides is 1. The van der Waals surface area contributed by atoms with E-state index in [1.165, 1.54) is 19.1 Å². The van der Waals surface area contributed by atoms with Crippen molar-refractivity contribution < 1.29 is 23.1 Å². The van der Waals surface area contributed by atoms with Gasteiger partial charge in [0.2, 0.25) is 10.0 Å². The van der Waals surface area contributed by atoms with E-state index in [4.69, 9.17) is 16.9 Å². The lowest BCUT2D eigenvalue weighted by atomic mass is 10.1. The highest BCUT2D eigenvalue weighted by atomic mass is 35.5. The Morgan fingerprint density at radius 1 is 1.52 bits per heavy atom. The summed E-state index contributed by atoms with van der Waals surface area (Å²) in [7, 11) is -2.95. The zero-order valence-electron chi connectivity index (χ0n) is 12.5. The van der Waals surface area contributed by atoms with Crippen molar-refractivity contribution in [3.05, 3.63) is 28.3 Å². The topological polar surface area (TPSA) is 108 Å². The van der Waals surface area contributed by atoms with Crippen LogP contribution >= 0.6 is 11.6 Å². The van der Waals surface area contributed by atoms with Gasteiger partial charge in [0, 0.05) is 6.54 Å². The van der Waals surface area contributed by atoms with E-state index in [9.17, 15) is 18.3 Å². The third-order valence-corrected chi connectivity index (χ3v) is 6.32. The number of aliphatic hydroxyl groups excluding tert-OH is 1. The maximum atomic E-state index is 12.8. The minimum Gasteiger partial charge on any atom is -0.468 e. The zero-order chi connectivity index (χ0) is 17.4. The molecule has 1 aliphatic rings. The van der Waals surface area contributed by atoms with Crippen molar-refractivity contribution in [2.45, 2.75) is 30.4 Å². The average molecular weight is 359 g/mol. The van der Waals surface area contributed by atoms with Gasteiger partial charge in [-0.15, -0.1) is 0 Å². The van der Waals surface area contributed by atoms with E-state index in [2.05, 4.69) is 4.74 Å². The van der Waals surface area contributed by atoms with Crippen LogP contribution in [0.3, 0.4) is 0 Å². The van der Waals surface area contributed by atoms with E-state index in [1.54, 1.807) is 0 Å². The van der Waals surface area contributed by atoms with Crippen LogP contribution in [0.4, 0.5) is 0 Å². The summed E-state index contributed by atoms with van der Waals surface area (Å²) in [6.45, 7) is 1.47. The lowest BCUT2D eigenvalue weighted by Crippen LogP contribution is -2.45. The minimum absolute atomic E-state index is 0.0136. The first kappa shape index (κ1) is 17.7. The fourth-order valence-corrected chi connectivity index (χ4v) is 4.69. The summed E-state index contributed by atoms with van der Waals surface area (Å²) >= 11 is 6.02. The maximum Gasteiger partial charge on any atom is 0.326 e. The van der Waals surface area contributed by atoms with Gasteiger partial charge in [0.15, 0.2) is 0 Å². The van der Waals surface area contributed by atoms with Crippen molar-refractivity contribution in [1.29, 1.82) is 5.26 Å². The Morgan fingerprint density at radius 3 is 2.74 bits per heavy atom. The van der Waals surface area contributed by atoms with Crippen LogP contribution in [0, 0.1) is 18.3 Å². The molecule has 1 heterocycles. The molecular formula is C14H15ClN2O5S. The van der Waals surface area contributed by atoms with Gasteiger partial charge in [-0.05, 0) is 31.0 Å². The molecule has 0 aromatic heterocycles. The second-order valence-corrected chi connectivity index (χ2v) is 7.34. The zero-order valence-corrected chi connectivity index (χ0v) is 14.1. The number of nitrogens with zero attached hydrogens (tertiary/aromatic N) is 2. The number of carbonyl (C=O) groups excluding carboxylic acids is 1. The SMILES string of the molecule is COC(=O)[C@@H]1[C@H](O)CCN1S(=O)(=O)c1ccc(C#N)c(Cl)c1C. The number of nitriles is 1. The largest absolute Gasteiger partial charge is 0.468 e. The fourth-order valence-electron chi connectivity index (χ4n) is 2.57. The number of hydrogen-bond donors (Lipinski definition) is 1. The molecule has 0 unspecified atom stereocenters. The third kappa shape index (κ3) is 2.93. The Morgan fingerprint density at radius 2 is 2.17 bits per heavy atom. The van der Waals surface area contributed by atoms with Crippen LogP contribution in [-0.4, -0.2) is 49.6 Å². The standard InChI is InChI=1S/C14H15ClN2O5S/c1-8-11(4-3-9(7-16)12(8)15)23(20,21)17-6-5-10(18)13(17)14(19)22-2/h3-4,10,13,18H,5-6H2,1-2H3/t10-,13+/m1/s1. The van der Waals surface area contributed by atoms with Crippen molar-refractivity contribution >= 4 is 27.6 Å². The summed E-state index contributed by atoms with van der Waals surface area (Å²) in [6, 6.07) is 3.16. The monoisotopic (exact) mass is 358 g/mol. The summed E-state index contributed by atoms with van der Waals surface area (Å²) in [5, 5.41) is 18.9. The van der Waals surface area contributed by atoms with Crippen molar-refractivity contribution in [2.75, 3.05) is 13.7 Å². The molecule has 2 rings (SSSR count). The van der Waals surface area contributed by atoms with Crippen molar-refractivity contribution in [3.63, 3.8) is 0 Å². The first-order valence-electron chi connectivity index (χ1n) is 6.72. The summed E-state index contributed by atoms with van der Waals surface area (Å²) in [6.07, 6.45) is -1.01. The number of benzene rings is 1. The number of ether oxygens (including phenoxy) is 1. The van der Waals surface area contributed by atoms with E-state index in [0.717, 1.165) is 11.4 Å². The molecule has 1 aromatic rings. The molecule has 0 saturated carbocycles. The van der Waals surface area contributed by atoms with Crippen LogP contribution in [0.15, 0.2) is 17.0 Å². The highest BCUT2D eigenvalue weighted by molar-refractivity contribution is 7.89. The van der Waals surface area contributed by atoms with Gasteiger partial charge < -0.3 is 9.84 Å². The van der Waals surface area contributed by atoms with Crippen LogP contribution in [0.5, 0.6) is 0 Å². The molecule has 9 heteroatoms. The highest BCUT2D eigenvalue weighted by Gasteiger charge is 2.46. The molecule has 1 fully saturated rings. The summed E-state index contributed by atoms with van der Waals surface area (Å²) in [5.41, 5.74) is 0.379. The van der Waals surface area contributed by atoms with Crippen LogP contribution in [0.25, 0.3) is 0 Å².